The molecule has 0 unspecified atom stereocenters. The van der Waals surface area contributed by atoms with Gasteiger partial charge in [-0.05, 0) is 12.1 Å². The number of hydrogen-bond acceptors (Lipinski definition) is 4. The molecule has 6 heteroatoms. The van der Waals surface area contributed by atoms with Crippen LogP contribution in [0.1, 0.15) is 25.6 Å². The second-order valence-electron chi connectivity index (χ2n) is 4.53. The van der Waals surface area contributed by atoms with Gasteiger partial charge in [0.15, 0.2) is 0 Å². The summed E-state index contributed by atoms with van der Waals surface area (Å²) in [6.07, 6.45) is 0. The summed E-state index contributed by atoms with van der Waals surface area (Å²) in [5.74, 6) is 2.48. The Labute approximate surface area is 128 Å². The molecule has 0 radical (unpaired) electrons. The minimum Gasteiger partial charge on any atom is -0.437 e. The molecule has 1 heterocycles. The Balaban J connectivity index is 2.37. The van der Waals surface area contributed by atoms with Gasteiger partial charge in [-0.1, -0.05) is 37.0 Å². The standard InChI is InChI=1S/C14H15Cl2N3O/c1-8(2)14-18-12(17-3)7-13(19-14)20-11-6-9(15)4-5-10(11)16/h4-8H,1-3H3,(H,17,18,19). The highest BCUT2D eigenvalue weighted by Gasteiger charge is 2.11. The van der Waals surface area contributed by atoms with Crippen LogP contribution in [0.5, 0.6) is 11.6 Å². The third-order valence-electron chi connectivity index (χ3n) is 2.60. The van der Waals surface area contributed by atoms with Gasteiger partial charge in [0.1, 0.15) is 17.4 Å². The Morgan fingerprint density at radius 1 is 1.15 bits per heavy atom. The number of ether oxygens (including phenoxy) is 1. The SMILES string of the molecule is CNc1cc(Oc2cc(Cl)ccc2Cl)nc(C(C)C)n1. The maximum absolute atomic E-state index is 6.08. The smallest absolute Gasteiger partial charge is 0.224 e. The van der Waals surface area contributed by atoms with Crippen molar-refractivity contribution in [2.45, 2.75) is 19.8 Å². The molecule has 2 aromatic rings. The van der Waals surface area contributed by atoms with Crippen LogP contribution in [0.25, 0.3) is 0 Å². The quantitative estimate of drug-likeness (QED) is 0.885. The number of nitrogens with one attached hydrogen (secondary N) is 1. The van der Waals surface area contributed by atoms with Gasteiger partial charge in [-0.15, -0.1) is 0 Å². The van der Waals surface area contributed by atoms with E-state index < -0.39 is 0 Å². The Hall–Kier alpha value is -1.52. The lowest BCUT2D eigenvalue weighted by atomic mass is 10.2. The van der Waals surface area contributed by atoms with E-state index in [1.54, 1.807) is 31.3 Å². The summed E-state index contributed by atoms with van der Waals surface area (Å²) in [6.45, 7) is 4.04. The van der Waals surface area contributed by atoms with Crippen molar-refractivity contribution >= 4 is 29.0 Å². The van der Waals surface area contributed by atoms with Crippen molar-refractivity contribution < 1.29 is 4.74 Å². The predicted octanol–water partition coefficient (Wildman–Crippen LogP) is 4.74. The third-order valence-corrected chi connectivity index (χ3v) is 3.15. The normalized spacial score (nSPS) is 10.7. The van der Waals surface area contributed by atoms with Crippen molar-refractivity contribution in [1.29, 1.82) is 0 Å². The summed E-state index contributed by atoms with van der Waals surface area (Å²) < 4.78 is 5.72. The van der Waals surface area contributed by atoms with Gasteiger partial charge in [-0.2, -0.15) is 4.98 Å². The monoisotopic (exact) mass is 311 g/mol. The van der Waals surface area contributed by atoms with Crippen molar-refractivity contribution in [3.05, 3.63) is 40.1 Å². The fourth-order valence-electron chi connectivity index (χ4n) is 1.55. The van der Waals surface area contributed by atoms with Gasteiger partial charge in [-0.25, -0.2) is 4.98 Å². The molecule has 2 rings (SSSR count). The van der Waals surface area contributed by atoms with Crippen molar-refractivity contribution in [1.82, 2.24) is 9.97 Å². The summed E-state index contributed by atoms with van der Waals surface area (Å²) in [7, 11) is 1.79. The molecule has 0 saturated heterocycles. The molecule has 0 fully saturated rings. The Bertz CT molecular complexity index is 617. The molecule has 0 aliphatic carbocycles. The van der Waals surface area contributed by atoms with Crippen LogP contribution in [-0.2, 0) is 0 Å². The molecule has 106 valence electrons. The van der Waals surface area contributed by atoms with Crippen LogP contribution in [0.4, 0.5) is 5.82 Å². The first-order chi connectivity index (χ1) is 9.49. The molecule has 1 N–H and O–H groups in total. The van der Waals surface area contributed by atoms with Crippen LogP contribution in [-0.4, -0.2) is 17.0 Å². The van der Waals surface area contributed by atoms with Gasteiger partial charge in [0.25, 0.3) is 0 Å². The molecule has 0 aliphatic heterocycles. The Morgan fingerprint density at radius 2 is 1.90 bits per heavy atom. The largest absolute Gasteiger partial charge is 0.437 e. The van der Waals surface area contributed by atoms with Crippen LogP contribution in [0, 0.1) is 0 Å². The summed E-state index contributed by atoms with van der Waals surface area (Å²) in [5, 5.41) is 4.01. The van der Waals surface area contributed by atoms with Crippen LogP contribution in [0.15, 0.2) is 24.3 Å². The summed E-state index contributed by atoms with van der Waals surface area (Å²) in [6, 6.07) is 6.75. The Morgan fingerprint density at radius 3 is 2.55 bits per heavy atom. The molecule has 1 aromatic heterocycles. The van der Waals surface area contributed by atoms with E-state index in [1.807, 2.05) is 13.8 Å². The Kier molecular flexibility index (Phi) is 4.68. The van der Waals surface area contributed by atoms with Gasteiger partial charge in [0.05, 0.1) is 5.02 Å². The topological polar surface area (TPSA) is 47.0 Å². The van der Waals surface area contributed by atoms with E-state index in [1.165, 1.54) is 0 Å². The van der Waals surface area contributed by atoms with E-state index in [0.717, 1.165) is 0 Å². The number of rotatable bonds is 4. The van der Waals surface area contributed by atoms with Gasteiger partial charge in [-0.3, -0.25) is 0 Å². The van der Waals surface area contributed by atoms with E-state index in [0.29, 0.717) is 33.3 Å². The minimum absolute atomic E-state index is 0.195. The van der Waals surface area contributed by atoms with E-state index in [2.05, 4.69) is 15.3 Å². The van der Waals surface area contributed by atoms with Crippen molar-refractivity contribution in [3.63, 3.8) is 0 Å². The fraction of sp³-hybridized carbons (Fsp3) is 0.286. The first-order valence-electron chi connectivity index (χ1n) is 6.19. The highest BCUT2D eigenvalue weighted by atomic mass is 35.5. The van der Waals surface area contributed by atoms with Gasteiger partial charge in [0.2, 0.25) is 5.88 Å². The lowest BCUT2D eigenvalue weighted by Gasteiger charge is -2.11. The second-order valence-corrected chi connectivity index (χ2v) is 5.37. The molecule has 0 spiro atoms. The molecule has 0 bridgehead atoms. The molecule has 1 aromatic carbocycles. The van der Waals surface area contributed by atoms with E-state index in [9.17, 15) is 0 Å². The maximum Gasteiger partial charge on any atom is 0.224 e. The molecule has 0 aliphatic rings. The van der Waals surface area contributed by atoms with Crippen LogP contribution < -0.4 is 10.1 Å². The zero-order valence-electron chi connectivity index (χ0n) is 11.4. The lowest BCUT2D eigenvalue weighted by molar-refractivity contribution is 0.457. The first kappa shape index (κ1) is 14.9. The van der Waals surface area contributed by atoms with Crippen LogP contribution in [0.2, 0.25) is 10.0 Å². The minimum atomic E-state index is 0.195. The zero-order chi connectivity index (χ0) is 14.7. The number of hydrogen-bond donors (Lipinski definition) is 1. The van der Waals surface area contributed by atoms with Crippen molar-refractivity contribution in [2.75, 3.05) is 12.4 Å². The van der Waals surface area contributed by atoms with Crippen molar-refractivity contribution in [2.24, 2.45) is 0 Å². The second kappa shape index (κ2) is 6.29. The fourth-order valence-corrected chi connectivity index (χ4v) is 1.87. The molecular weight excluding hydrogens is 297 g/mol. The van der Waals surface area contributed by atoms with Crippen LogP contribution >= 0.6 is 23.2 Å². The van der Waals surface area contributed by atoms with Crippen LogP contribution in [0.3, 0.4) is 0 Å². The highest BCUT2D eigenvalue weighted by Crippen LogP contribution is 2.32. The summed E-state index contributed by atoms with van der Waals surface area (Å²) >= 11 is 12.0. The first-order valence-corrected chi connectivity index (χ1v) is 6.95. The number of nitrogens with zero attached hydrogens (tertiary/aromatic N) is 2. The maximum atomic E-state index is 6.08. The number of benzene rings is 1. The molecule has 4 nitrogen and oxygen atoms in total. The molecule has 0 saturated carbocycles. The zero-order valence-corrected chi connectivity index (χ0v) is 13.0. The number of anilines is 1. The third kappa shape index (κ3) is 3.52. The number of halogens is 2. The van der Waals surface area contributed by atoms with Crippen molar-refractivity contribution in [3.8, 4) is 11.6 Å². The van der Waals surface area contributed by atoms with Gasteiger partial charge < -0.3 is 10.1 Å². The van der Waals surface area contributed by atoms with Gasteiger partial charge >= 0.3 is 0 Å². The highest BCUT2D eigenvalue weighted by molar-refractivity contribution is 6.34. The molecule has 0 amide bonds. The van der Waals surface area contributed by atoms with E-state index in [-0.39, 0.29) is 5.92 Å². The van der Waals surface area contributed by atoms with E-state index >= 15 is 0 Å². The average molecular weight is 312 g/mol. The summed E-state index contributed by atoms with van der Waals surface area (Å²) in [4.78, 5) is 8.74. The van der Waals surface area contributed by atoms with E-state index in [4.69, 9.17) is 27.9 Å². The lowest BCUT2D eigenvalue weighted by Crippen LogP contribution is -2.03. The predicted molar refractivity (Wildman–Crippen MR) is 82.2 cm³/mol. The van der Waals surface area contributed by atoms with Gasteiger partial charge in [0, 0.05) is 30.1 Å². The molecular formula is C14H15Cl2N3O. The number of aromatic nitrogens is 2. The summed E-state index contributed by atoms with van der Waals surface area (Å²) in [5.41, 5.74) is 0. The molecule has 0 atom stereocenters. The molecule has 20 heavy (non-hydrogen) atoms. The average Bonchev–Trinajstić information content (AvgIpc) is 2.42.